The number of hydrogen-bond acceptors (Lipinski definition) is 1. The highest BCUT2D eigenvalue weighted by Crippen LogP contribution is 2.26. The number of ether oxygens (including phenoxy) is 1. The van der Waals surface area contributed by atoms with Gasteiger partial charge in [0.1, 0.15) is 0 Å². The third kappa shape index (κ3) is 3.46. The molecule has 0 rings (SSSR count). The molecule has 66 valence electrons. The Morgan fingerprint density at radius 2 is 2.18 bits per heavy atom. The Kier molecular flexibility index (Phi) is 4.26. The molecule has 0 aromatic heterocycles. The second kappa shape index (κ2) is 4.44. The number of rotatable bonds is 5. The first-order valence-corrected chi connectivity index (χ1v) is 3.69. The van der Waals surface area contributed by atoms with E-state index in [-0.39, 0.29) is 6.61 Å². The lowest BCUT2D eigenvalue weighted by Gasteiger charge is -2.20. The lowest BCUT2D eigenvalue weighted by atomic mass is 10.2. The lowest BCUT2D eigenvalue weighted by molar-refractivity contribution is -0.258. The molecule has 0 aromatic rings. The molecule has 0 radical (unpaired) electrons. The van der Waals surface area contributed by atoms with Gasteiger partial charge in [-0.3, -0.25) is 0 Å². The molecular weight excluding hydrogens is 150 g/mol. The minimum Gasteiger partial charge on any atom is -0.320 e. The highest BCUT2D eigenvalue weighted by atomic mass is 19.3. The summed E-state index contributed by atoms with van der Waals surface area (Å²) in [4.78, 5) is 0. The van der Waals surface area contributed by atoms with E-state index in [1.165, 1.54) is 13.0 Å². The molecular formula is C8H14F2O. The molecule has 0 heterocycles. The Morgan fingerprint density at radius 1 is 1.64 bits per heavy atom. The van der Waals surface area contributed by atoms with Crippen molar-refractivity contribution in [3.63, 3.8) is 0 Å². The van der Waals surface area contributed by atoms with Crippen molar-refractivity contribution in [2.75, 3.05) is 6.61 Å². The Bertz CT molecular complexity index is 123. The van der Waals surface area contributed by atoms with Gasteiger partial charge in [-0.25, -0.2) is 0 Å². The zero-order valence-corrected chi connectivity index (χ0v) is 6.94. The van der Waals surface area contributed by atoms with Gasteiger partial charge < -0.3 is 4.74 Å². The second-order valence-corrected chi connectivity index (χ2v) is 2.43. The van der Waals surface area contributed by atoms with E-state index in [1.54, 1.807) is 6.92 Å². The van der Waals surface area contributed by atoms with Gasteiger partial charge in [0, 0.05) is 0 Å². The van der Waals surface area contributed by atoms with Crippen molar-refractivity contribution >= 4 is 0 Å². The van der Waals surface area contributed by atoms with E-state index in [1.807, 2.05) is 0 Å². The van der Waals surface area contributed by atoms with Crippen LogP contribution in [0.3, 0.4) is 0 Å². The van der Waals surface area contributed by atoms with Gasteiger partial charge in [0.25, 0.3) is 0 Å². The number of hydrogen-bond donors (Lipinski definition) is 0. The summed E-state index contributed by atoms with van der Waals surface area (Å²) in [6.07, 6.45) is -1.27. The van der Waals surface area contributed by atoms with Gasteiger partial charge in [0.2, 0.25) is 0 Å². The fourth-order valence-corrected chi connectivity index (χ4v) is 0.507. The van der Waals surface area contributed by atoms with Gasteiger partial charge in [-0.05, 0) is 6.42 Å². The fraction of sp³-hybridized carbons (Fsp3) is 0.750. The van der Waals surface area contributed by atoms with Crippen LogP contribution in [0, 0.1) is 5.92 Å². The second-order valence-electron chi connectivity index (χ2n) is 2.43. The summed E-state index contributed by atoms with van der Waals surface area (Å²) in [6, 6.07) is 0. The predicted molar refractivity (Wildman–Crippen MR) is 40.6 cm³/mol. The summed E-state index contributed by atoms with van der Waals surface area (Å²) in [7, 11) is 0. The summed E-state index contributed by atoms with van der Waals surface area (Å²) < 4.78 is 29.7. The molecule has 0 aromatic carbocycles. The topological polar surface area (TPSA) is 9.23 Å². The maximum atomic E-state index is 12.7. The van der Waals surface area contributed by atoms with Gasteiger partial charge in [-0.15, -0.1) is 6.58 Å². The maximum Gasteiger partial charge on any atom is 0.361 e. The SMILES string of the molecule is C=CC(C)C(F)(F)OCCC. The first kappa shape index (κ1) is 10.6. The van der Waals surface area contributed by atoms with Crippen LogP contribution in [0.25, 0.3) is 0 Å². The molecule has 0 amide bonds. The van der Waals surface area contributed by atoms with Crippen LogP contribution in [0.1, 0.15) is 20.3 Å². The highest BCUT2D eigenvalue weighted by molar-refractivity contribution is 4.81. The Morgan fingerprint density at radius 3 is 2.55 bits per heavy atom. The average Bonchev–Trinajstić information content (AvgIpc) is 1.99. The van der Waals surface area contributed by atoms with Crippen molar-refractivity contribution in [3.8, 4) is 0 Å². The van der Waals surface area contributed by atoms with Crippen LogP contribution < -0.4 is 0 Å². The predicted octanol–water partition coefficient (Wildman–Crippen LogP) is 2.83. The van der Waals surface area contributed by atoms with Gasteiger partial charge in [-0.2, -0.15) is 8.78 Å². The molecule has 0 N–H and O–H groups in total. The average molecular weight is 164 g/mol. The maximum absolute atomic E-state index is 12.7. The van der Waals surface area contributed by atoms with Crippen LogP contribution in [0.4, 0.5) is 8.78 Å². The zero-order valence-electron chi connectivity index (χ0n) is 6.94. The van der Waals surface area contributed by atoms with E-state index in [0.29, 0.717) is 6.42 Å². The van der Waals surface area contributed by atoms with E-state index >= 15 is 0 Å². The standard InChI is InChI=1S/C8H14F2O/c1-4-6-11-8(9,10)7(3)5-2/h5,7H,2,4,6H2,1,3H3. The van der Waals surface area contributed by atoms with Gasteiger partial charge >= 0.3 is 6.11 Å². The van der Waals surface area contributed by atoms with Gasteiger partial charge in [-0.1, -0.05) is 19.9 Å². The lowest BCUT2D eigenvalue weighted by Crippen LogP contribution is -2.28. The molecule has 0 saturated heterocycles. The van der Waals surface area contributed by atoms with Gasteiger partial charge in [0.15, 0.2) is 0 Å². The summed E-state index contributed by atoms with van der Waals surface area (Å²) in [6.45, 7) is 6.53. The Balaban J connectivity index is 3.87. The smallest absolute Gasteiger partial charge is 0.320 e. The Hall–Kier alpha value is -0.440. The van der Waals surface area contributed by atoms with E-state index < -0.39 is 12.0 Å². The molecule has 0 aliphatic heterocycles. The van der Waals surface area contributed by atoms with E-state index in [4.69, 9.17) is 0 Å². The summed E-state index contributed by atoms with van der Waals surface area (Å²) in [5.41, 5.74) is 0. The molecule has 0 fully saturated rings. The molecule has 0 spiro atoms. The number of halogens is 2. The van der Waals surface area contributed by atoms with E-state index in [2.05, 4.69) is 11.3 Å². The zero-order chi connectivity index (χ0) is 8.91. The van der Waals surface area contributed by atoms with Crippen molar-refractivity contribution in [2.45, 2.75) is 26.4 Å². The summed E-state index contributed by atoms with van der Waals surface area (Å²) in [5, 5.41) is 0. The van der Waals surface area contributed by atoms with Crippen molar-refractivity contribution < 1.29 is 13.5 Å². The third-order valence-corrected chi connectivity index (χ3v) is 1.38. The van der Waals surface area contributed by atoms with E-state index in [9.17, 15) is 8.78 Å². The van der Waals surface area contributed by atoms with Crippen LogP contribution in [0.2, 0.25) is 0 Å². The van der Waals surface area contributed by atoms with Crippen LogP contribution >= 0.6 is 0 Å². The van der Waals surface area contributed by atoms with Crippen LogP contribution in [0.15, 0.2) is 12.7 Å². The normalized spacial score (nSPS) is 14.5. The molecule has 0 bridgehead atoms. The highest BCUT2D eigenvalue weighted by Gasteiger charge is 2.35. The molecule has 0 aliphatic carbocycles. The first-order valence-electron chi connectivity index (χ1n) is 3.69. The molecule has 0 aliphatic rings. The molecule has 3 heteroatoms. The molecule has 1 unspecified atom stereocenters. The van der Waals surface area contributed by atoms with Gasteiger partial charge in [0.05, 0.1) is 12.5 Å². The molecule has 1 nitrogen and oxygen atoms in total. The first-order chi connectivity index (χ1) is 5.04. The fourth-order valence-electron chi connectivity index (χ4n) is 0.507. The molecule has 1 atom stereocenters. The van der Waals surface area contributed by atoms with Crippen molar-refractivity contribution in [3.05, 3.63) is 12.7 Å². The molecule has 0 saturated carbocycles. The van der Waals surface area contributed by atoms with E-state index in [0.717, 1.165) is 0 Å². The van der Waals surface area contributed by atoms with Crippen LogP contribution in [0.5, 0.6) is 0 Å². The van der Waals surface area contributed by atoms with Crippen LogP contribution in [-0.4, -0.2) is 12.7 Å². The van der Waals surface area contributed by atoms with Crippen molar-refractivity contribution in [1.29, 1.82) is 0 Å². The van der Waals surface area contributed by atoms with Crippen molar-refractivity contribution in [2.24, 2.45) is 5.92 Å². The van der Waals surface area contributed by atoms with Crippen LogP contribution in [-0.2, 0) is 4.74 Å². The number of alkyl halides is 2. The van der Waals surface area contributed by atoms with Crippen molar-refractivity contribution in [1.82, 2.24) is 0 Å². The summed E-state index contributed by atoms with van der Waals surface area (Å²) >= 11 is 0. The molecule has 11 heavy (non-hydrogen) atoms. The third-order valence-electron chi connectivity index (χ3n) is 1.38. The minimum atomic E-state index is -3.06. The minimum absolute atomic E-state index is 0.0885. The monoisotopic (exact) mass is 164 g/mol. The largest absolute Gasteiger partial charge is 0.361 e. The Labute approximate surface area is 66.0 Å². The summed E-state index contributed by atoms with van der Waals surface area (Å²) in [5.74, 6) is -0.922. The quantitative estimate of drug-likeness (QED) is 0.568.